The fraction of sp³-hybridized carbons (Fsp3) is 0.974. The highest BCUT2D eigenvalue weighted by Crippen LogP contribution is 2.48. The Morgan fingerprint density at radius 2 is 0.935 bits per heavy atom. The number of ether oxygens (including phenoxy) is 5. The molecule has 0 amide bonds. The van der Waals surface area contributed by atoms with E-state index in [0.29, 0.717) is 6.42 Å². The second-order valence-corrected chi connectivity index (χ2v) is 17.8. The van der Waals surface area contributed by atoms with Gasteiger partial charge in [-0.25, -0.2) is 4.57 Å². The van der Waals surface area contributed by atoms with Gasteiger partial charge in [-0.15, -0.1) is 0 Å². The Balaban J connectivity index is 1.56. The molecule has 1 saturated carbocycles. The van der Waals surface area contributed by atoms with E-state index in [4.69, 9.17) is 32.7 Å². The van der Waals surface area contributed by atoms with Crippen LogP contribution >= 0.6 is 7.82 Å². The number of hydrogen-bond donors (Lipinski definition) is 13. The van der Waals surface area contributed by atoms with Crippen LogP contribution in [0.4, 0.5) is 0 Å². The summed E-state index contributed by atoms with van der Waals surface area (Å²) in [4.78, 5) is 23.1. The molecule has 2 saturated heterocycles. The van der Waals surface area contributed by atoms with Crippen molar-refractivity contribution in [2.75, 3.05) is 26.4 Å². The van der Waals surface area contributed by atoms with Gasteiger partial charge in [-0.2, -0.15) is 0 Å². The van der Waals surface area contributed by atoms with Crippen LogP contribution in [-0.4, -0.2) is 203 Å². The van der Waals surface area contributed by atoms with Crippen molar-refractivity contribution in [3.8, 4) is 0 Å². The Labute approximate surface area is 361 Å². The molecule has 0 aromatic carbocycles. The molecule has 3 fully saturated rings. The second kappa shape index (κ2) is 28.2. The number of phosphoric ester groups is 1. The number of carbonyl (C=O) groups excluding carboxylic acids is 1. The molecule has 22 nitrogen and oxygen atoms in total. The van der Waals surface area contributed by atoms with E-state index < -0.39 is 144 Å². The lowest BCUT2D eigenvalue weighted by Crippen LogP contribution is -2.69. The predicted molar refractivity (Wildman–Crippen MR) is 212 cm³/mol. The third-order valence-corrected chi connectivity index (χ3v) is 12.4. The summed E-state index contributed by atoms with van der Waals surface area (Å²) in [6.45, 7) is -1.25. The van der Waals surface area contributed by atoms with Crippen molar-refractivity contribution in [2.45, 2.75) is 214 Å². The van der Waals surface area contributed by atoms with E-state index in [1.54, 1.807) is 0 Å². The molecule has 18 atom stereocenters. The van der Waals surface area contributed by atoms with Crippen LogP contribution in [0.1, 0.15) is 110 Å². The van der Waals surface area contributed by atoms with Crippen molar-refractivity contribution in [1.29, 1.82) is 0 Å². The Morgan fingerprint density at radius 1 is 0.548 bits per heavy atom. The van der Waals surface area contributed by atoms with Crippen molar-refractivity contribution in [2.24, 2.45) is 0 Å². The van der Waals surface area contributed by atoms with Gasteiger partial charge >= 0.3 is 13.8 Å². The Morgan fingerprint density at radius 3 is 1.34 bits per heavy atom. The highest BCUT2D eigenvalue weighted by Gasteiger charge is 2.58. The lowest BCUT2D eigenvalue weighted by Gasteiger charge is -2.49. The van der Waals surface area contributed by atoms with Gasteiger partial charge in [-0.3, -0.25) is 13.8 Å². The standard InChI is InChI=1S/C39H73O22P/c1-2-3-4-5-6-7-8-9-10-11-12-13-14-15-16-17-25(43)55-20-22(42)21-56-62(53,54)61-37-35(59-38-33(51)28(46)26(44)23(18-40)57-38)31(49)30(48)32(50)36(37)60-39-34(52)29(47)27(45)24(19-41)58-39/h22-24,26-42,44-52H,2-21H2,1H3,(H,53,54)/t22-,23?,24?,26-,27+,28?,29?,30?,31?,32?,33-,34+,35-,36?,37?,38-,39+/m1/s1. The van der Waals surface area contributed by atoms with Crippen LogP contribution in [0.25, 0.3) is 0 Å². The highest BCUT2D eigenvalue weighted by molar-refractivity contribution is 7.47. The third-order valence-electron chi connectivity index (χ3n) is 11.4. The normalized spacial score (nSPS) is 36.9. The third kappa shape index (κ3) is 17.0. The van der Waals surface area contributed by atoms with Crippen molar-refractivity contribution in [3.05, 3.63) is 0 Å². The average molecular weight is 925 g/mol. The Hall–Kier alpha value is -1.06. The minimum atomic E-state index is -5.50. The van der Waals surface area contributed by atoms with Crippen LogP contribution in [-0.2, 0) is 42.1 Å². The number of aliphatic hydroxyl groups excluding tert-OH is 12. The second-order valence-electron chi connectivity index (χ2n) is 16.4. The zero-order valence-electron chi connectivity index (χ0n) is 35.4. The van der Waals surface area contributed by atoms with Gasteiger partial charge in [0.1, 0.15) is 98.2 Å². The number of esters is 1. The van der Waals surface area contributed by atoms with Gasteiger partial charge in [-0.1, -0.05) is 96.8 Å². The molecule has 3 aliphatic rings. The predicted octanol–water partition coefficient (Wildman–Crippen LogP) is -1.88. The Bertz CT molecular complexity index is 1230. The van der Waals surface area contributed by atoms with E-state index in [-0.39, 0.29) is 6.42 Å². The van der Waals surface area contributed by atoms with Crippen LogP contribution in [0.3, 0.4) is 0 Å². The number of rotatable bonds is 29. The van der Waals surface area contributed by atoms with Gasteiger partial charge in [0.2, 0.25) is 0 Å². The van der Waals surface area contributed by atoms with Gasteiger partial charge in [0.15, 0.2) is 12.6 Å². The topological polar surface area (TPSA) is 362 Å². The van der Waals surface area contributed by atoms with Crippen molar-refractivity contribution >= 4 is 13.8 Å². The molecule has 1 aliphatic carbocycles. The van der Waals surface area contributed by atoms with E-state index in [1.807, 2.05) is 0 Å². The summed E-state index contributed by atoms with van der Waals surface area (Å²) in [6.07, 6.45) is -17.1. The summed E-state index contributed by atoms with van der Waals surface area (Å²) >= 11 is 0. The lowest BCUT2D eigenvalue weighted by molar-refractivity contribution is -0.360. The molecule has 0 aromatic rings. The van der Waals surface area contributed by atoms with Crippen LogP contribution < -0.4 is 0 Å². The zero-order chi connectivity index (χ0) is 46.0. The van der Waals surface area contributed by atoms with E-state index in [1.165, 1.54) is 64.2 Å². The Kier molecular flexibility index (Phi) is 25.1. The van der Waals surface area contributed by atoms with Gasteiger partial charge in [0.25, 0.3) is 0 Å². The van der Waals surface area contributed by atoms with Crippen LogP contribution in [0.15, 0.2) is 0 Å². The summed E-state index contributed by atoms with van der Waals surface area (Å²) in [5.74, 6) is -0.618. The molecule has 366 valence electrons. The maximum atomic E-state index is 13.4. The zero-order valence-corrected chi connectivity index (χ0v) is 36.3. The summed E-state index contributed by atoms with van der Waals surface area (Å²) in [7, 11) is -5.50. The molecule has 0 spiro atoms. The molecule has 0 bridgehead atoms. The summed E-state index contributed by atoms with van der Waals surface area (Å²) in [5.41, 5.74) is 0. The first-order valence-electron chi connectivity index (χ1n) is 21.9. The molecule has 13 N–H and O–H groups in total. The molecular formula is C39H73O22P. The minimum Gasteiger partial charge on any atom is -0.463 e. The molecule has 2 aliphatic heterocycles. The molecule has 62 heavy (non-hydrogen) atoms. The SMILES string of the molecule is CCCCCCCCCCCCCCCCCC(=O)OC[C@@H](O)COP(=O)(O)OC1C(O[C@@H]2OC(CO)[C@H](O)C(O)[C@@H]2O)C(O)C(O)C(O)[C@H]1O[C@H]1OC(CO)[C@@H](O)C(O)[C@H]1O. The monoisotopic (exact) mass is 924 g/mol. The number of unbranched alkanes of at least 4 members (excludes halogenated alkanes) is 14. The molecular weight excluding hydrogens is 851 g/mol. The average Bonchev–Trinajstić information content (AvgIpc) is 3.25. The lowest BCUT2D eigenvalue weighted by atomic mass is 9.84. The number of carbonyl (C=O) groups is 1. The minimum absolute atomic E-state index is 0.0806. The quantitative estimate of drug-likeness (QED) is 0.0222. The van der Waals surface area contributed by atoms with E-state index in [0.717, 1.165) is 25.7 Å². The number of hydrogen-bond acceptors (Lipinski definition) is 21. The van der Waals surface area contributed by atoms with Crippen molar-refractivity contribution in [3.63, 3.8) is 0 Å². The summed E-state index contributed by atoms with van der Waals surface area (Å²) in [5, 5.41) is 125. The van der Waals surface area contributed by atoms with Gasteiger partial charge in [-0.05, 0) is 6.42 Å². The van der Waals surface area contributed by atoms with Crippen molar-refractivity contribution in [1.82, 2.24) is 0 Å². The van der Waals surface area contributed by atoms with E-state index >= 15 is 0 Å². The van der Waals surface area contributed by atoms with Gasteiger partial charge in [0.05, 0.1) is 19.8 Å². The molecule has 10 unspecified atom stereocenters. The summed E-state index contributed by atoms with van der Waals surface area (Å²) in [6, 6.07) is 0. The van der Waals surface area contributed by atoms with Gasteiger partial charge < -0.3 is 89.9 Å². The van der Waals surface area contributed by atoms with Crippen LogP contribution in [0, 0.1) is 0 Å². The molecule has 0 radical (unpaired) electrons. The fourth-order valence-electron chi connectivity index (χ4n) is 7.59. The first-order chi connectivity index (χ1) is 29.5. The highest BCUT2D eigenvalue weighted by atomic mass is 31.2. The maximum Gasteiger partial charge on any atom is 0.472 e. The first kappa shape index (κ1) is 55.3. The molecule has 2 heterocycles. The molecule has 3 rings (SSSR count). The fourth-order valence-corrected chi connectivity index (χ4v) is 8.55. The summed E-state index contributed by atoms with van der Waals surface area (Å²) < 4.78 is 50.4. The van der Waals surface area contributed by atoms with E-state index in [9.17, 15) is 75.5 Å². The van der Waals surface area contributed by atoms with Crippen LogP contribution in [0.2, 0.25) is 0 Å². The molecule has 23 heteroatoms. The van der Waals surface area contributed by atoms with Gasteiger partial charge in [0, 0.05) is 6.42 Å². The van der Waals surface area contributed by atoms with E-state index in [2.05, 4.69) is 6.92 Å². The smallest absolute Gasteiger partial charge is 0.463 e. The molecule has 0 aromatic heterocycles. The largest absolute Gasteiger partial charge is 0.472 e. The number of phosphoric acid groups is 1. The van der Waals surface area contributed by atoms with Crippen LogP contribution in [0.5, 0.6) is 0 Å². The number of aliphatic hydroxyl groups is 12. The first-order valence-corrected chi connectivity index (χ1v) is 23.4. The maximum absolute atomic E-state index is 13.4. The van der Waals surface area contributed by atoms with Crippen molar-refractivity contribution < 1.29 is 108 Å².